The number of esters is 2. The van der Waals surface area contributed by atoms with Crippen LogP contribution in [0.3, 0.4) is 0 Å². The van der Waals surface area contributed by atoms with Crippen molar-refractivity contribution >= 4 is 27.9 Å². The van der Waals surface area contributed by atoms with E-state index < -0.39 is 0 Å². The Balaban J connectivity index is 2.64. The number of hydrogen-bond donors (Lipinski definition) is 0. The molecule has 0 aromatic rings. The van der Waals surface area contributed by atoms with E-state index in [1.807, 2.05) is 13.8 Å². The standard InChI is InChI=1S/C12H19BrO5/c1-6-7(2)11(17-9(4)15)12(13)18-10(6)5-16-8(3)14/h6-7,10-12H,5H2,1-4H3/t6?,7-,10?,11?,12-/m0/s1. The summed E-state index contributed by atoms with van der Waals surface area (Å²) in [5, 5.41) is -0.381. The van der Waals surface area contributed by atoms with Gasteiger partial charge in [0.05, 0.1) is 6.10 Å². The Morgan fingerprint density at radius 2 is 1.78 bits per heavy atom. The molecule has 5 nitrogen and oxygen atoms in total. The summed E-state index contributed by atoms with van der Waals surface area (Å²) in [5.74, 6) is -0.410. The van der Waals surface area contributed by atoms with Crippen LogP contribution in [0.5, 0.6) is 0 Å². The molecule has 1 saturated heterocycles. The van der Waals surface area contributed by atoms with Crippen LogP contribution >= 0.6 is 15.9 Å². The van der Waals surface area contributed by atoms with E-state index in [1.165, 1.54) is 13.8 Å². The Hall–Kier alpha value is -0.620. The Kier molecular flexibility index (Phi) is 5.59. The molecule has 3 unspecified atom stereocenters. The topological polar surface area (TPSA) is 61.8 Å². The average molecular weight is 323 g/mol. The molecular weight excluding hydrogens is 304 g/mol. The normalized spacial score (nSPS) is 35.9. The van der Waals surface area contributed by atoms with Gasteiger partial charge >= 0.3 is 11.9 Å². The Morgan fingerprint density at radius 3 is 2.28 bits per heavy atom. The lowest BCUT2D eigenvalue weighted by molar-refractivity contribution is -0.183. The molecule has 0 amide bonds. The van der Waals surface area contributed by atoms with Gasteiger partial charge < -0.3 is 14.2 Å². The molecule has 1 heterocycles. The van der Waals surface area contributed by atoms with Crippen LogP contribution < -0.4 is 0 Å². The van der Waals surface area contributed by atoms with E-state index in [-0.39, 0.29) is 47.6 Å². The first-order valence-corrected chi connectivity index (χ1v) is 6.84. The molecule has 0 bridgehead atoms. The van der Waals surface area contributed by atoms with Gasteiger partial charge in [-0.15, -0.1) is 0 Å². The number of alkyl halides is 1. The van der Waals surface area contributed by atoms with Crippen molar-refractivity contribution in [3.63, 3.8) is 0 Å². The molecule has 1 rings (SSSR count). The maximum atomic E-state index is 11.0. The SMILES string of the molecule is CC(=O)OCC1O[C@H](Br)C(OC(C)=O)[C@@H](C)C1C. The molecule has 0 aliphatic carbocycles. The van der Waals surface area contributed by atoms with E-state index in [0.29, 0.717) is 0 Å². The summed E-state index contributed by atoms with van der Waals surface area (Å²) >= 11 is 3.36. The van der Waals surface area contributed by atoms with Crippen molar-refractivity contribution in [3.8, 4) is 0 Å². The second kappa shape index (κ2) is 6.52. The molecule has 1 aliphatic rings. The first kappa shape index (κ1) is 15.4. The zero-order valence-corrected chi connectivity index (χ0v) is 12.6. The highest BCUT2D eigenvalue weighted by atomic mass is 79.9. The highest BCUT2D eigenvalue weighted by Gasteiger charge is 2.42. The highest BCUT2D eigenvalue weighted by Crippen LogP contribution is 2.35. The number of carbonyl (C=O) groups excluding carboxylic acids is 2. The van der Waals surface area contributed by atoms with E-state index >= 15 is 0 Å². The van der Waals surface area contributed by atoms with Gasteiger partial charge in [-0.1, -0.05) is 29.8 Å². The predicted octanol–water partition coefficient (Wildman–Crippen LogP) is 1.87. The van der Waals surface area contributed by atoms with Crippen molar-refractivity contribution in [1.82, 2.24) is 0 Å². The summed E-state index contributed by atoms with van der Waals surface area (Å²) in [4.78, 5) is 21.8. The first-order valence-electron chi connectivity index (χ1n) is 5.93. The van der Waals surface area contributed by atoms with Gasteiger partial charge in [0.15, 0.2) is 0 Å². The van der Waals surface area contributed by atoms with E-state index in [9.17, 15) is 9.59 Å². The second-order valence-electron chi connectivity index (χ2n) is 4.62. The molecule has 0 N–H and O–H groups in total. The van der Waals surface area contributed by atoms with Gasteiger partial charge in [0, 0.05) is 19.8 Å². The second-order valence-corrected chi connectivity index (χ2v) is 5.52. The summed E-state index contributed by atoms with van der Waals surface area (Å²) < 4.78 is 15.9. The molecule has 0 spiro atoms. The molecule has 104 valence electrons. The minimum atomic E-state index is -0.381. The molecule has 6 heteroatoms. The average Bonchev–Trinajstić information content (AvgIpc) is 2.27. The van der Waals surface area contributed by atoms with Crippen LogP contribution in [0.4, 0.5) is 0 Å². The third-order valence-corrected chi connectivity index (χ3v) is 3.99. The summed E-state index contributed by atoms with van der Waals surface area (Å²) in [6.07, 6.45) is -0.522. The maximum absolute atomic E-state index is 11.0. The first-order chi connectivity index (χ1) is 8.32. The van der Waals surface area contributed by atoms with Gasteiger partial charge in [-0.05, 0) is 5.92 Å². The lowest BCUT2D eigenvalue weighted by Crippen LogP contribution is -2.50. The van der Waals surface area contributed by atoms with Crippen molar-refractivity contribution in [1.29, 1.82) is 0 Å². The van der Waals surface area contributed by atoms with Gasteiger partial charge in [-0.25, -0.2) is 0 Å². The molecule has 0 saturated carbocycles. The minimum absolute atomic E-state index is 0.118. The highest BCUT2D eigenvalue weighted by molar-refractivity contribution is 9.09. The van der Waals surface area contributed by atoms with Crippen molar-refractivity contribution < 1.29 is 23.8 Å². The number of hydrogen-bond acceptors (Lipinski definition) is 5. The predicted molar refractivity (Wildman–Crippen MR) is 68.1 cm³/mol. The monoisotopic (exact) mass is 322 g/mol. The molecule has 0 aromatic carbocycles. The number of carbonyl (C=O) groups is 2. The van der Waals surface area contributed by atoms with E-state index in [2.05, 4.69) is 15.9 Å². The fourth-order valence-electron chi connectivity index (χ4n) is 1.99. The number of halogens is 1. The van der Waals surface area contributed by atoms with E-state index in [1.54, 1.807) is 0 Å². The van der Waals surface area contributed by atoms with Crippen LogP contribution in [0, 0.1) is 11.8 Å². The zero-order chi connectivity index (χ0) is 13.9. The maximum Gasteiger partial charge on any atom is 0.303 e. The summed E-state index contributed by atoms with van der Waals surface area (Å²) in [7, 11) is 0. The van der Waals surface area contributed by atoms with E-state index in [4.69, 9.17) is 14.2 Å². The van der Waals surface area contributed by atoms with Gasteiger partial charge in [-0.3, -0.25) is 9.59 Å². The number of rotatable bonds is 3. The fraction of sp³-hybridized carbons (Fsp3) is 0.833. The molecule has 18 heavy (non-hydrogen) atoms. The van der Waals surface area contributed by atoms with E-state index in [0.717, 1.165) is 0 Å². The molecule has 0 aromatic heterocycles. The van der Waals surface area contributed by atoms with Crippen LogP contribution in [0.1, 0.15) is 27.7 Å². The molecule has 1 aliphatic heterocycles. The Bertz CT molecular complexity index is 318. The summed E-state index contributed by atoms with van der Waals surface area (Å²) in [5.41, 5.74) is 0. The van der Waals surface area contributed by atoms with Gasteiger partial charge in [0.25, 0.3) is 0 Å². The van der Waals surface area contributed by atoms with Crippen molar-refractivity contribution in [2.45, 2.75) is 44.9 Å². The van der Waals surface area contributed by atoms with Gasteiger partial charge in [0.1, 0.15) is 17.7 Å². The molecule has 5 atom stereocenters. The third kappa shape index (κ3) is 3.95. The van der Waals surface area contributed by atoms with Gasteiger partial charge in [0.2, 0.25) is 0 Å². The molecule has 1 fully saturated rings. The van der Waals surface area contributed by atoms with Gasteiger partial charge in [-0.2, -0.15) is 0 Å². The minimum Gasteiger partial charge on any atom is -0.463 e. The lowest BCUT2D eigenvalue weighted by Gasteiger charge is -2.41. The fourth-order valence-corrected chi connectivity index (χ4v) is 2.85. The number of ether oxygens (including phenoxy) is 3. The zero-order valence-electron chi connectivity index (χ0n) is 11.0. The van der Waals surface area contributed by atoms with Crippen LogP contribution in [-0.2, 0) is 23.8 Å². The molecule has 0 radical (unpaired) electrons. The van der Waals surface area contributed by atoms with Crippen molar-refractivity contribution in [2.75, 3.05) is 6.61 Å². The smallest absolute Gasteiger partial charge is 0.303 e. The summed E-state index contributed by atoms with van der Waals surface area (Å²) in [6.45, 7) is 6.95. The lowest BCUT2D eigenvalue weighted by atomic mass is 9.84. The quantitative estimate of drug-likeness (QED) is 0.586. The van der Waals surface area contributed by atoms with Crippen LogP contribution in [-0.4, -0.2) is 35.8 Å². The van der Waals surface area contributed by atoms with Crippen LogP contribution in [0.25, 0.3) is 0 Å². The summed E-state index contributed by atoms with van der Waals surface area (Å²) in [6, 6.07) is 0. The van der Waals surface area contributed by atoms with Crippen molar-refractivity contribution in [3.05, 3.63) is 0 Å². The van der Waals surface area contributed by atoms with Crippen LogP contribution in [0.2, 0.25) is 0 Å². The van der Waals surface area contributed by atoms with Crippen LogP contribution in [0.15, 0.2) is 0 Å². The third-order valence-electron chi connectivity index (χ3n) is 3.25. The largest absolute Gasteiger partial charge is 0.463 e. The Morgan fingerprint density at radius 1 is 1.17 bits per heavy atom. The molecular formula is C12H19BrO5. The Labute approximate surface area is 115 Å². The van der Waals surface area contributed by atoms with Crippen molar-refractivity contribution in [2.24, 2.45) is 11.8 Å².